The summed E-state index contributed by atoms with van der Waals surface area (Å²) in [6, 6.07) is 0. The van der Waals surface area contributed by atoms with Crippen LogP contribution in [-0.2, 0) is 4.79 Å². The molecule has 1 heterocycles. The minimum Gasteiger partial charge on any atom is -0.348 e. The third kappa shape index (κ3) is 4.88. The summed E-state index contributed by atoms with van der Waals surface area (Å²) in [5, 5.41) is 8.78. The number of nitrogens with zero attached hydrogens (tertiary/aromatic N) is 1. The molecule has 0 aromatic rings. The molecule has 1 amide bonds. The lowest BCUT2D eigenvalue weighted by molar-refractivity contribution is -0.544. The zero-order valence-electron chi connectivity index (χ0n) is 8.21. The van der Waals surface area contributed by atoms with Crippen molar-refractivity contribution in [2.24, 2.45) is 0 Å². The summed E-state index contributed by atoms with van der Waals surface area (Å²) >= 11 is 0. The lowest BCUT2D eigenvalue weighted by Crippen LogP contribution is -2.41. The van der Waals surface area contributed by atoms with Crippen LogP contribution in [0.5, 0.6) is 0 Å². The lowest BCUT2D eigenvalue weighted by Gasteiger charge is -2.07. The van der Waals surface area contributed by atoms with E-state index in [2.05, 4.69) is 16.0 Å². The first-order valence-corrected chi connectivity index (χ1v) is 4.89. The highest BCUT2D eigenvalue weighted by atomic mass is 16.3. The molecule has 1 rings (SSSR count). The molecule has 1 fully saturated rings. The van der Waals surface area contributed by atoms with Crippen LogP contribution in [-0.4, -0.2) is 56.5 Å². The van der Waals surface area contributed by atoms with Crippen LogP contribution in [0.3, 0.4) is 0 Å². The number of carbonyl (C=O) groups is 1. The minimum absolute atomic E-state index is 0.0565. The van der Waals surface area contributed by atoms with Gasteiger partial charge in [0.25, 0.3) is 0 Å². The molecule has 0 unspecified atom stereocenters. The zero-order chi connectivity index (χ0) is 10.2. The summed E-state index contributed by atoms with van der Waals surface area (Å²) < 4.78 is 0.961. The topological polar surface area (TPSA) is 73.2 Å². The molecule has 0 aromatic carbocycles. The summed E-state index contributed by atoms with van der Waals surface area (Å²) in [4.78, 5) is 22.2. The van der Waals surface area contributed by atoms with Gasteiger partial charge in [0.2, 0.25) is 19.0 Å². The Hall–Kier alpha value is -1.01. The molecule has 0 aliphatic carbocycles. The molecule has 3 N–H and O–H groups in total. The first-order chi connectivity index (χ1) is 6.79. The third-order valence-electron chi connectivity index (χ3n) is 1.99. The van der Waals surface area contributed by atoms with E-state index in [-0.39, 0.29) is 5.91 Å². The molecule has 0 spiro atoms. The number of amides is 1. The van der Waals surface area contributed by atoms with Gasteiger partial charge < -0.3 is 16.0 Å². The fraction of sp³-hybridized carbons (Fsp3) is 0.875. The molecule has 14 heavy (non-hydrogen) atoms. The molecule has 0 saturated carbocycles. The molecular formula is C8H17N4O2+. The largest absolute Gasteiger partial charge is 0.348 e. The third-order valence-corrected chi connectivity index (χ3v) is 1.99. The molecule has 0 atom stereocenters. The molecule has 6 heteroatoms. The van der Waals surface area contributed by atoms with E-state index in [9.17, 15) is 9.70 Å². The lowest BCUT2D eigenvalue weighted by atomic mass is 10.4. The number of rotatable bonds is 0. The van der Waals surface area contributed by atoms with E-state index in [1.807, 2.05) is 0 Å². The standard InChI is InChI=1S/C8H16N4O2/c13-8-7-10-2-1-9-3-5-12(14)6-4-11-8/h9-10H,1-7H2/p+1. The van der Waals surface area contributed by atoms with Crippen LogP contribution in [0.25, 0.3) is 0 Å². The van der Waals surface area contributed by atoms with Gasteiger partial charge in [0.1, 0.15) is 0 Å². The van der Waals surface area contributed by atoms with Crippen molar-refractivity contribution in [3.63, 3.8) is 0 Å². The van der Waals surface area contributed by atoms with Gasteiger partial charge in [-0.3, -0.25) is 4.79 Å². The molecule has 80 valence electrons. The van der Waals surface area contributed by atoms with E-state index in [1.54, 1.807) is 0 Å². The van der Waals surface area contributed by atoms with Crippen molar-refractivity contribution < 1.29 is 9.55 Å². The first kappa shape index (κ1) is 11.1. The number of hydrogen-bond donors (Lipinski definition) is 3. The van der Waals surface area contributed by atoms with E-state index in [1.165, 1.54) is 0 Å². The van der Waals surface area contributed by atoms with Crippen molar-refractivity contribution in [2.75, 3.05) is 45.8 Å². The van der Waals surface area contributed by atoms with Crippen LogP contribution in [0.1, 0.15) is 0 Å². The van der Waals surface area contributed by atoms with Gasteiger partial charge in [-0.2, -0.15) is 0 Å². The Bertz CT molecular complexity index is 188. The summed E-state index contributed by atoms with van der Waals surface area (Å²) in [5.41, 5.74) is 0. The Balaban J connectivity index is 2.28. The summed E-state index contributed by atoms with van der Waals surface area (Å²) in [7, 11) is 0. The van der Waals surface area contributed by atoms with Crippen LogP contribution in [0.15, 0.2) is 0 Å². The highest BCUT2D eigenvalue weighted by Gasteiger charge is 2.09. The fourth-order valence-electron chi connectivity index (χ4n) is 1.20. The average Bonchev–Trinajstić information content (AvgIpc) is 2.14. The fourth-order valence-corrected chi connectivity index (χ4v) is 1.20. The Labute approximate surface area is 83.0 Å². The van der Waals surface area contributed by atoms with E-state index in [0.29, 0.717) is 32.7 Å². The highest BCUT2D eigenvalue weighted by Crippen LogP contribution is 1.75. The van der Waals surface area contributed by atoms with Crippen molar-refractivity contribution in [3.8, 4) is 0 Å². The van der Waals surface area contributed by atoms with Crippen molar-refractivity contribution in [2.45, 2.75) is 0 Å². The second kappa shape index (κ2) is 6.44. The maximum Gasteiger partial charge on any atom is 0.234 e. The van der Waals surface area contributed by atoms with Crippen molar-refractivity contribution >= 4 is 5.91 Å². The Morgan fingerprint density at radius 1 is 1.00 bits per heavy atom. The SMILES string of the molecule is O=C1CNCCNCC[N+](=O)CCN1. The number of nitroso groups, excluding NO2 is 1. The van der Waals surface area contributed by atoms with Gasteiger partial charge in [0.05, 0.1) is 19.6 Å². The van der Waals surface area contributed by atoms with E-state index < -0.39 is 0 Å². The quantitative estimate of drug-likeness (QED) is 0.399. The molecule has 0 aromatic heterocycles. The van der Waals surface area contributed by atoms with Gasteiger partial charge in [-0.15, -0.1) is 0 Å². The minimum atomic E-state index is -0.0565. The molecular weight excluding hydrogens is 184 g/mol. The maximum atomic E-state index is 11.1. The molecule has 1 aliphatic heterocycles. The van der Waals surface area contributed by atoms with E-state index in [4.69, 9.17) is 0 Å². The molecule has 0 bridgehead atoms. The Kier molecular flexibility index (Phi) is 5.09. The van der Waals surface area contributed by atoms with Crippen LogP contribution >= 0.6 is 0 Å². The van der Waals surface area contributed by atoms with Gasteiger partial charge in [0, 0.05) is 22.8 Å². The highest BCUT2D eigenvalue weighted by molar-refractivity contribution is 5.77. The van der Waals surface area contributed by atoms with Gasteiger partial charge in [-0.1, -0.05) is 0 Å². The maximum absolute atomic E-state index is 11.1. The first-order valence-electron chi connectivity index (χ1n) is 4.89. The predicted molar refractivity (Wildman–Crippen MR) is 52.1 cm³/mol. The predicted octanol–water partition coefficient (Wildman–Crippen LogP) is -1.93. The van der Waals surface area contributed by atoms with Crippen LogP contribution in [0.4, 0.5) is 0 Å². The summed E-state index contributed by atoms with van der Waals surface area (Å²) in [5.74, 6) is -0.0565. The monoisotopic (exact) mass is 201 g/mol. The smallest absolute Gasteiger partial charge is 0.234 e. The number of hydrogen-bond acceptors (Lipinski definition) is 4. The molecule has 1 aliphatic rings. The van der Waals surface area contributed by atoms with Crippen molar-refractivity contribution in [3.05, 3.63) is 4.91 Å². The van der Waals surface area contributed by atoms with Crippen molar-refractivity contribution in [1.82, 2.24) is 16.0 Å². The van der Waals surface area contributed by atoms with Gasteiger partial charge in [0.15, 0.2) is 0 Å². The Morgan fingerprint density at radius 2 is 1.71 bits per heavy atom. The normalized spacial score (nSPS) is 22.0. The van der Waals surface area contributed by atoms with Crippen LogP contribution in [0.2, 0.25) is 0 Å². The zero-order valence-corrected chi connectivity index (χ0v) is 8.21. The van der Waals surface area contributed by atoms with Gasteiger partial charge in [-0.25, -0.2) is 0 Å². The number of carbonyl (C=O) groups excluding carboxylic acids is 1. The second-order valence-electron chi connectivity index (χ2n) is 3.21. The summed E-state index contributed by atoms with van der Waals surface area (Å²) in [6.07, 6.45) is 0. The molecule has 0 radical (unpaired) electrons. The van der Waals surface area contributed by atoms with E-state index >= 15 is 0 Å². The molecule has 1 saturated heterocycles. The molecule has 6 nitrogen and oxygen atoms in total. The van der Waals surface area contributed by atoms with Crippen LogP contribution in [0, 0.1) is 4.91 Å². The van der Waals surface area contributed by atoms with Crippen LogP contribution < -0.4 is 16.0 Å². The average molecular weight is 201 g/mol. The van der Waals surface area contributed by atoms with Gasteiger partial charge >= 0.3 is 0 Å². The summed E-state index contributed by atoms with van der Waals surface area (Å²) in [6.45, 7) is 3.78. The van der Waals surface area contributed by atoms with Gasteiger partial charge in [-0.05, 0) is 0 Å². The van der Waals surface area contributed by atoms with E-state index in [0.717, 1.165) is 17.8 Å². The van der Waals surface area contributed by atoms with Crippen molar-refractivity contribution in [1.29, 1.82) is 0 Å². The second-order valence-corrected chi connectivity index (χ2v) is 3.21. The Morgan fingerprint density at radius 3 is 2.57 bits per heavy atom. The number of nitrogens with one attached hydrogen (secondary N) is 3.